The Kier molecular flexibility index (Phi) is 4.73. The number of ether oxygens (including phenoxy) is 1. The van der Waals surface area contributed by atoms with E-state index in [9.17, 15) is 8.42 Å². The molecule has 86 valence electrons. The Morgan fingerprint density at radius 3 is 3.00 bits per heavy atom. The number of methoxy groups -OCH3 is 1. The highest BCUT2D eigenvalue weighted by Crippen LogP contribution is 1.94. The smallest absolute Gasteiger partial charge is 0.212 e. The molecule has 0 unspecified atom stereocenters. The first kappa shape index (κ1) is 12.2. The summed E-state index contributed by atoms with van der Waals surface area (Å²) < 4.78 is 30.0. The topological polar surface area (TPSA) is 84.1 Å². The van der Waals surface area contributed by atoms with E-state index in [1.165, 1.54) is 6.33 Å². The summed E-state index contributed by atoms with van der Waals surface area (Å²) in [7, 11) is -1.66. The van der Waals surface area contributed by atoms with Crippen LogP contribution in [0.2, 0.25) is 0 Å². The molecule has 0 aliphatic heterocycles. The van der Waals surface area contributed by atoms with E-state index in [4.69, 9.17) is 4.74 Å². The Morgan fingerprint density at radius 2 is 2.40 bits per heavy atom. The minimum atomic E-state index is -3.21. The summed E-state index contributed by atoms with van der Waals surface area (Å²) in [6.07, 6.45) is 3.58. The summed E-state index contributed by atoms with van der Waals surface area (Å²) in [6.45, 7) is 0.695. The van der Waals surface area contributed by atoms with Crippen molar-refractivity contribution >= 4 is 10.0 Å². The lowest BCUT2D eigenvalue weighted by molar-refractivity contribution is 0.199. The van der Waals surface area contributed by atoms with Crippen molar-refractivity contribution in [2.45, 2.75) is 13.0 Å². The van der Waals surface area contributed by atoms with Crippen molar-refractivity contribution in [3.63, 3.8) is 0 Å². The molecule has 1 aromatic rings. The molecule has 0 bridgehead atoms. The third kappa shape index (κ3) is 4.91. The summed E-state index contributed by atoms with van der Waals surface area (Å²) >= 11 is 0. The number of hydrogen-bond donors (Lipinski definition) is 2. The van der Waals surface area contributed by atoms with Crippen LogP contribution in [0.1, 0.15) is 12.1 Å². The third-order valence-electron chi connectivity index (χ3n) is 1.80. The summed E-state index contributed by atoms with van der Waals surface area (Å²) in [5.74, 6) is 0.0784. The van der Waals surface area contributed by atoms with Crippen molar-refractivity contribution < 1.29 is 13.2 Å². The van der Waals surface area contributed by atoms with Gasteiger partial charge in [-0.1, -0.05) is 0 Å². The quantitative estimate of drug-likeness (QED) is 0.642. The lowest BCUT2D eigenvalue weighted by Crippen LogP contribution is -2.26. The standard InChI is InChI=1S/C8H15N3O3S/c1-14-3-2-4-15(12,13)11-6-8-5-9-7-10-8/h5,7,11H,2-4,6H2,1H3,(H,9,10). The predicted molar refractivity (Wildman–Crippen MR) is 55.7 cm³/mol. The summed E-state index contributed by atoms with van der Waals surface area (Å²) in [6, 6.07) is 0. The Bertz CT molecular complexity index is 360. The van der Waals surface area contributed by atoms with Gasteiger partial charge < -0.3 is 9.72 Å². The largest absolute Gasteiger partial charge is 0.385 e. The van der Waals surface area contributed by atoms with Gasteiger partial charge in [0.05, 0.1) is 18.6 Å². The molecular formula is C8H15N3O3S. The van der Waals surface area contributed by atoms with Crippen molar-refractivity contribution in [3.05, 3.63) is 18.2 Å². The van der Waals surface area contributed by atoms with Gasteiger partial charge in [-0.25, -0.2) is 18.1 Å². The molecule has 15 heavy (non-hydrogen) atoms. The monoisotopic (exact) mass is 233 g/mol. The maximum Gasteiger partial charge on any atom is 0.212 e. The van der Waals surface area contributed by atoms with Gasteiger partial charge in [0.2, 0.25) is 10.0 Å². The number of hydrogen-bond acceptors (Lipinski definition) is 4. The van der Waals surface area contributed by atoms with E-state index in [1.807, 2.05) is 0 Å². The van der Waals surface area contributed by atoms with E-state index in [-0.39, 0.29) is 12.3 Å². The van der Waals surface area contributed by atoms with E-state index < -0.39 is 10.0 Å². The van der Waals surface area contributed by atoms with Gasteiger partial charge >= 0.3 is 0 Å². The zero-order valence-corrected chi connectivity index (χ0v) is 9.38. The number of imidazole rings is 1. The van der Waals surface area contributed by atoms with Crippen molar-refractivity contribution in [3.8, 4) is 0 Å². The molecule has 0 aromatic carbocycles. The second-order valence-corrected chi connectivity index (χ2v) is 4.99. The van der Waals surface area contributed by atoms with Gasteiger partial charge in [0.1, 0.15) is 0 Å². The zero-order chi connectivity index (χ0) is 11.1. The minimum Gasteiger partial charge on any atom is -0.385 e. The molecule has 1 aromatic heterocycles. The Balaban J connectivity index is 2.30. The maximum absolute atomic E-state index is 11.4. The van der Waals surface area contributed by atoms with Crippen LogP contribution in [-0.4, -0.2) is 37.9 Å². The van der Waals surface area contributed by atoms with Crippen LogP contribution in [0.3, 0.4) is 0 Å². The second kappa shape index (κ2) is 5.84. The molecule has 6 nitrogen and oxygen atoms in total. The number of nitrogens with one attached hydrogen (secondary N) is 2. The molecule has 0 aliphatic rings. The fraction of sp³-hybridized carbons (Fsp3) is 0.625. The molecule has 0 spiro atoms. The molecular weight excluding hydrogens is 218 g/mol. The lowest BCUT2D eigenvalue weighted by atomic mass is 10.5. The summed E-state index contributed by atoms with van der Waals surface area (Å²) in [5, 5.41) is 0. The Morgan fingerprint density at radius 1 is 1.60 bits per heavy atom. The van der Waals surface area contributed by atoms with Crippen LogP contribution in [0.4, 0.5) is 0 Å². The predicted octanol–water partition coefficient (Wildman–Crippen LogP) is -0.134. The van der Waals surface area contributed by atoms with Crippen LogP contribution >= 0.6 is 0 Å². The highest BCUT2D eigenvalue weighted by atomic mass is 32.2. The van der Waals surface area contributed by atoms with E-state index >= 15 is 0 Å². The van der Waals surface area contributed by atoms with Crippen molar-refractivity contribution in [2.75, 3.05) is 19.5 Å². The van der Waals surface area contributed by atoms with Crippen molar-refractivity contribution in [1.82, 2.24) is 14.7 Å². The summed E-state index contributed by atoms with van der Waals surface area (Å²) in [5.41, 5.74) is 0.741. The first-order valence-corrected chi connectivity index (χ1v) is 6.23. The van der Waals surface area contributed by atoms with Gasteiger partial charge in [-0.05, 0) is 6.42 Å². The average Bonchev–Trinajstić information content (AvgIpc) is 2.68. The van der Waals surface area contributed by atoms with Crippen molar-refractivity contribution in [2.24, 2.45) is 0 Å². The van der Waals surface area contributed by atoms with E-state index in [2.05, 4.69) is 14.7 Å². The van der Waals surface area contributed by atoms with Crippen LogP contribution in [0.5, 0.6) is 0 Å². The highest BCUT2D eigenvalue weighted by molar-refractivity contribution is 7.89. The van der Waals surface area contributed by atoms with E-state index in [0.717, 1.165) is 5.69 Å². The van der Waals surface area contributed by atoms with Gasteiger partial charge in [0, 0.05) is 25.6 Å². The van der Waals surface area contributed by atoms with Gasteiger partial charge in [-0.3, -0.25) is 0 Å². The molecule has 0 aliphatic carbocycles. The zero-order valence-electron chi connectivity index (χ0n) is 8.56. The van der Waals surface area contributed by atoms with Crippen LogP contribution in [0, 0.1) is 0 Å². The van der Waals surface area contributed by atoms with Gasteiger partial charge in [0.15, 0.2) is 0 Å². The fourth-order valence-corrected chi connectivity index (χ4v) is 2.05. The number of rotatable bonds is 7. The number of sulfonamides is 1. The Hall–Kier alpha value is -0.920. The molecule has 0 amide bonds. The lowest BCUT2D eigenvalue weighted by Gasteiger charge is -2.04. The Labute approximate surface area is 89.1 Å². The fourth-order valence-electron chi connectivity index (χ4n) is 1.03. The van der Waals surface area contributed by atoms with Crippen LogP contribution in [0.25, 0.3) is 0 Å². The third-order valence-corrected chi connectivity index (χ3v) is 3.21. The molecule has 0 atom stereocenters. The van der Waals surface area contributed by atoms with E-state index in [1.54, 1.807) is 13.3 Å². The number of aromatic nitrogens is 2. The molecule has 0 radical (unpaired) electrons. The molecule has 7 heteroatoms. The molecule has 2 N–H and O–H groups in total. The summed E-state index contributed by atoms with van der Waals surface area (Å²) in [4.78, 5) is 6.60. The number of nitrogens with zero attached hydrogens (tertiary/aromatic N) is 1. The SMILES string of the molecule is COCCCS(=O)(=O)NCc1cnc[nH]1. The highest BCUT2D eigenvalue weighted by Gasteiger charge is 2.09. The second-order valence-electron chi connectivity index (χ2n) is 3.06. The van der Waals surface area contributed by atoms with Crippen molar-refractivity contribution in [1.29, 1.82) is 0 Å². The average molecular weight is 233 g/mol. The van der Waals surface area contributed by atoms with Gasteiger partial charge in [0.25, 0.3) is 0 Å². The van der Waals surface area contributed by atoms with Crippen LogP contribution in [0.15, 0.2) is 12.5 Å². The molecule has 1 rings (SSSR count). The molecule has 0 fully saturated rings. The van der Waals surface area contributed by atoms with E-state index in [0.29, 0.717) is 13.0 Å². The molecule has 0 saturated heterocycles. The van der Waals surface area contributed by atoms with Crippen LogP contribution < -0.4 is 4.72 Å². The first-order chi connectivity index (χ1) is 7.14. The van der Waals surface area contributed by atoms with Gasteiger partial charge in [-0.15, -0.1) is 0 Å². The number of aromatic amines is 1. The molecule has 1 heterocycles. The van der Waals surface area contributed by atoms with Gasteiger partial charge in [-0.2, -0.15) is 0 Å². The number of H-pyrrole nitrogens is 1. The maximum atomic E-state index is 11.4. The first-order valence-electron chi connectivity index (χ1n) is 4.57. The minimum absolute atomic E-state index is 0.0784. The van der Waals surface area contributed by atoms with Crippen LogP contribution in [-0.2, 0) is 21.3 Å². The molecule has 0 saturated carbocycles. The normalized spacial score (nSPS) is 11.8.